The first kappa shape index (κ1) is 23.7. The number of carbonyl (C=O) groups is 1. The fraction of sp³-hybridized carbons (Fsp3) is 0.667. The standard InChI is InChI=1S/C21H33N5O2.HI/c1-3-22-21(26-13-8-18(9-14-26)20(27)28-2)24-16-17-7-10-23-19(15-17)25-11-5-4-6-12-25;/h7,10,15,18H,3-6,8-9,11-14,16H2,1-2H3,(H,22,24);1H. The molecule has 0 aliphatic carbocycles. The smallest absolute Gasteiger partial charge is 0.308 e. The van der Waals surface area contributed by atoms with Gasteiger partial charge in [-0.1, -0.05) is 0 Å². The number of hydrogen-bond acceptors (Lipinski definition) is 5. The summed E-state index contributed by atoms with van der Waals surface area (Å²) in [6.45, 7) is 7.36. The topological polar surface area (TPSA) is 70.1 Å². The van der Waals surface area contributed by atoms with E-state index in [1.54, 1.807) is 0 Å². The van der Waals surface area contributed by atoms with Crippen LogP contribution in [0.2, 0.25) is 0 Å². The number of rotatable bonds is 5. The second kappa shape index (κ2) is 12.2. The Balaban J connectivity index is 0.00000300. The highest BCUT2D eigenvalue weighted by Crippen LogP contribution is 2.20. The lowest BCUT2D eigenvalue weighted by molar-refractivity contribution is -0.146. The molecule has 7 nitrogen and oxygen atoms in total. The molecule has 0 atom stereocenters. The Labute approximate surface area is 191 Å². The van der Waals surface area contributed by atoms with E-state index in [9.17, 15) is 4.79 Å². The number of hydrogen-bond donors (Lipinski definition) is 1. The van der Waals surface area contributed by atoms with Crippen LogP contribution in [-0.2, 0) is 16.1 Å². The van der Waals surface area contributed by atoms with Gasteiger partial charge in [-0.25, -0.2) is 9.98 Å². The first-order valence-electron chi connectivity index (χ1n) is 10.5. The molecule has 0 radical (unpaired) electrons. The molecule has 29 heavy (non-hydrogen) atoms. The van der Waals surface area contributed by atoms with Crippen molar-refractivity contribution >= 4 is 41.7 Å². The van der Waals surface area contributed by atoms with E-state index in [-0.39, 0.29) is 35.9 Å². The summed E-state index contributed by atoms with van der Waals surface area (Å²) in [4.78, 5) is 25.8. The predicted molar refractivity (Wildman–Crippen MR) is 127 cm³/mol. The Kier molecular flexibility index (Phi) is 9.96. The van der Waals surface area contributed by atoms with E-state index in [1.807, 2.05) is 12.3 Å². The minimum atomic E-state index is -0.0939. The van der Waals surface area contributed by atoms with Gasteiger partial charge in [0.1, 0.15) is 5.82 Å². The van der Waals surface area contributed by atoms with Crippen molar-refractivity contribution in [1.82, 2.24) is 15.2 Å². The van der Waals surface area contributed by atoms with Crippen LogP contribution >= 0.6 is 24.0 Å². The van der Waals surface area contributed by atoms with Gasteiger partial charge in [0.15, 0.2) is 5.96 Å². The molecule has 8 heteroatoms. The first-order valence-corrected chi connectivity index (χ1v) is 10.5. The van der Waals surface area contributed by atoms with E-state index in [4.69, 9.17) is 9.73 Å². The van der Waals surface area contributed by atoms with Crippen molar-refractivity contribution < 1.29 is 9.53 Å². The first-order chi connectivity index (χ1) is 13.7. The summed E-state index contributed by atoms with van der Waals surface area (Å²) in [5, 5.41) is 3.39. The highest BCUT2D eigenvalue weighted by molar-refractivity contribution is 14.0. The molecule has 1 aromatic rings. The number of piperidine rings is 2. The fourth-order valence-electron chi connectivity index (χ4n) is 3.94. The Hall–Kier alpha value is -1.58. The van der Waals surface area contributed by atoms with Crippen LogP contribution in [0.5, 0.6) is 0 Å². The van der Waals surface area contributed by atoms with Crippen LogP contribution < -0.4 is 10.2 Å². The van der Waals surface area contributed by atoms with Crippen LogP contribution in [0.1, 0.15) is 44.6 Å². The zero-order chi connectivity index (χ0) is 19.8. The van der Waals surface area contributed by atoms with E-state index < -0.39 is 0 Å². The fourth-order valence-corrected chi connectivity index (χ4v) is 3.94. The van der Waals surface area contributed by atoms with Crippen LogP contribution in [0.3, 0.4) is 0 Å². The van der Waals surface area contributed by atoms with Crippen LogP contribution in [0, 0.1) is 5.92 Å². The van der Waals surface area contributed by atoms with Crippen molar-refractivity contribution in [2.45, 2.75) is 45.6 Å². The predicted octanol–water partition coefficient (Wildman–Crippen LogP) is 3.04. The Bertz CT molecular complexity index is 671. The van der Waals surface area contributed by atoms with Crippen molar-refractivity contribution in [2.24, 2.45) is 10.9 Å². The number of ether oxygens (including phenoxy) is 1. The Morgan fingerprint density at radius 1 is 1.24 bits per heavy atom. The number of aromatic nitrogens is 1. The number of halogens is 1. The number of methoxy groups -OCH3 is 1. The molecule has 0 bridgehead atoms. The Morgan fingerprint density at radius 3 is 2.62 bits per heavy atom. The third-order valence-electron chi connectivity index (χ3n) is 5.57. The molecule has 1 aromatic heterocycles. The molecule has 162 valence electrons. The number of nitrogens with one attached hydrogen (secondary N) is 1. The second-order valence-electron chi connectivity index (χ2n) is 7.52. The highest BCUT2D eigenvalue weighted by atomic mass is 127. The molecule has 2 aliphatic heterocycles. The molecule has 2 saturated heterocycles. The van der Waals surface area contributed by atoms with Gasteiger partial charge in [-0.15, -0.1) is 24.0 Å². The van der Waals surface area contributed by atoms with E-state index in [1.165, 1.54) is 31.9 Å². The van der Waals surface area contributed by atoms with Gasteiger partial charge in [-0.3, -0.25) is 4.79 Å². The summed E-state index contributed by atoms with van der Waals surface area (Å²) in [6.07, 6.45) is 7.33. The normalized spacial score (nSPS) is 18.2. The number of likely N-dealkylation sites (tertiary alicyclic amines) is 1. The van der Waals surface area contributed by atoms with Gasteiger partial charge in [-0.2, -0.15) is 0 Å². The van der Waals surface area contributed by atoms with Crippen molar-refractivity contribution in [1.29, 1.82) is 0 Å². The van der Waals surface area contributed by atoms with Crippen molar-refractivity contribution in [3.63, 3.8) is 0 Å². The lowest BCUT2D eigenvalue weighted by atomic mass is 9.97. The third kappa shape index (κ3) is 6.72. The molecule has 1 N–H and O–H groups in total. The summed E-state index contributed by atoms with van der Waals surface area (Å²) in [5.74, 6) is 1.90. The van der Waals surface area contributed by atoms with Crippen LogP contribution in [0.15, 0.2) is 23.3 Å². The van der Waals surface area contributed by atoms with Gasteiger partial charge in [0.25, 0.3) is 0 Å². The summed E-state index contributed by atoms with van der Waals surface area (Å²) in [5.41, 5.74) is 1.18. The Morgan fingerprint density at radius 2 is 1.97 bits per heavy atom. The highest BCUT2D eigenvalue weighted by Gasteiger charge is 2.27. The molecular formula is C21H34IN5O2. The van der Waals surface area contributed by atoms with Gasteiger partial charge in [0.05, 0.1) is 19.6 Å². The van der Waals surface area contributed by atoms with Crippen molar-refractivity contribution in [2.75, 3.05) is 44.7 Å². The van der Waals surface area contributed by atoms with E-state index in [2.05, 4.69) is 33.1 Å². The summed E-state index contributed by atoms with van der Waals surface area (Å²) < 4.78 is 4.89. The van der Waals surface area contributed by atoms with Gasteiger partial charge >= 0.3 is 5.97 Å². The molecular weight excluding hydrogens is 481 g/mol. The van der Waals surface area contributed by atoms with E-state index in [0.29, 0.717) is 6.54 Å². The number of esters is 1. The number of pyridine rings is 1. The molecule has 3 heterocycles. The molecule has 0 spiro atoms. The van der Waals surface area contributed by atoms with Crippen molar-refractivity contribution in [3.05, 3.63) is 23.9 Å². The van der Waals surface area contributed by atoms with Crippen LogP contribution in [0.4, 0.5) is 5.82 Å². The zero-order valence-corrected chi connectivity index (χ0v) is 19.9. The molecule has 3 rings (SSSR count). The maximum absolute atomic E-state index is 11.7. The van der Waals surface area contributed by atoms with Gasteiger partial charge in [0, 0.05) is 38.9 Å². The van der Waals surface area contributed by atoms with Crippen LogP contribution in [0.25, 0.3) is 0 Å². The number of nitrogens with zero attached hydrogens (tertiary/aromatic N) is 4. The lowest BCUT2D eigenvalue weighted by Gasteiger charge is -2.33. The van der Waals surface area contributed by atoms with Gasteiger partial charge in [-0.05, 0) is 56.7 Å². The number of carbonyl (C=O) groups excluding carboxylic acids is 1. The molecule has 0 unspecified atom stereocenters. The maximum atomic E-state index is 11.7. The monoisotopic (exact) mass is 515 g/mol. The summed E-state index contributed by atoms with van der Waals surface area (Å²) in [6, 6.07) is 4.21. The summed E-state index contributed by atoms with van der Waals surface area (Å²) in [7, 11) is 1.47. The maximum Gasteiger partial charge on any atom is 0.308 e. The molecule has 0 saturated carbocycles. The van der Waals surface area contributed by atoms with Crippen molar-refractivity contribution in [3.8, 4) is 0 Å². The van der Waals surface area contributed by atoms with E-state index in [0.717, 1.165) is 57.3 Å². The zero-order valence-electron chi connectivity index (χ0n) is 17.6. The molecule has 2 fully saturated rings. The molecule has 0 aromatic carbocycles. The van der Waals surface area contributed by atoms with Crippen LogP contribution in [-0.4, -0.2) is 61.6 Å². The largest absolute Gasteiger partial charge is 0.469 e. The van der Waals surface area contributed by atoms with E-state index >= 15 is 0 Å². The average molecular weight is 515 g/mol. The number of aliphatic imine (C=N–C) groups is 1. The number of anilines is 1. The quantitative estimate of drug-likeness (QED) is 0.282. The lowest BCUT2D eigenvalue weighted by Crippen LogP contribution is -2.46. The minimum absolute atomic E-state index is 0. The SMILES string of the molecule is CCNC(=NCc1ccnc(N2CCCCC2)c1)N1CCC(C(=O)OC)CC1.I. The number of guanidine groups is 1. The average Bonchev–Trinajstić information content (AvgIpc) is 2.77. The van der Waals surface area contributed by atoms with Gasteiger partial charge < -0.3 is 19.9 Å². The second-order valence-corrected chi connectivity index (χ2v) is 7.52. The molecule has 0 amide bonds. The third-order valence-corrected chi connectivity index (χ3v) is 5.57. The summed E-state index contributed by atoms with van der Waals surface area (Å²) >= 11 is 0. The minimum Gasteiger partial charge on any atom is -0.469 e. The van der Waals surface area contributed by atoms with Gasteiger partial charge in [0.2, 0.25) is 0 Å². The molecule has 2 aliphatic rings.